The summed E-state index contributed by atoms with van der Waals surface area (Å²) >= 11 is 0. The Morgan fingerprint density at radius 1 is 1.62 bits per heavy atom. The SMILES string of the molecule is COCCCC(N)C(=O)c1cnccc1N. The molecule has 5 nitrogen and oxygen atoms in total. The van der Waals surface area contributed by atoms with Crippen LogP contribution >= 0.6 is 0 Å². The zero-order chi connectivity index (χ0) is 12.0. The number of hydrogen-bond donors (Lipinski definition) is 2. The van der Waals surface area contributed by atoms with Crippen molar-refractivity contribution in [1.29, 1.82) is 0 Å². The molecule has 0 fully saturated rings. The van der Waals surface area contributed by atoms with Gasteiger partial charge < -0.3 is 16.2 Å². The molecule has 0 aromatic carbocycles. The van der Waals surface area contributed by atoms with E-state index in [0.717, 1.165) is 6.42 Å². The second-order valence-electron chi connectivity index (χ2n) is 3.57. The molecule has 1 aromatic rings. The zero-order valence-corrected chi connectivity index (χ0v) is 9.35. The summed E-state index contributed by atoms with van der Waals surface area (Å²) in [5, 5.41) is 0. The number of ketones is 1. The van der Waals surface area contributed by atoms with E-state index in [1.54, 1.807) is 19.4 Å². The van der Waals surface area contributed by atoms with Crippen LogP contribution in [0.15, 0.2) is 18.5 Å². The van der Waals surface area contributed by atoms with E-state index in [1.165, 1.54) is 6.20 Å². The molecular formula is C11H17N3O2. The fourth-order valence-electron chi connectivity index (χ4n) is 1.39. The van der Waals surface area contributed by atoms with E-state index in [1.807, 2.05) is 0 Å². The predicted octanol–water partition coefficient (Wildman–Crippen LogP) is 0.600. The molecule has 1 rings (SSSR count). The molecule has 1 heterocycles. The third-order valence-electron chi connectivity index (χ3n) is 2.32. The smallest absolute Gasteiger partial charge is 0.183 e. The number of rotatable bonds is 6. The maximum atomic E-state index is 11.9. The van der Waals surface area contributed by atoms with Crippen LogP contribution in [0.3, 0.4) is 0 Å². The molecule has 4 N–H and O–H groups in total. The van der Waals surface area contributed by atoms with Crippen molar-refractivity contribution in [3.05, 3.63) is 24.0 Å². The van der Waals surface area contributed by atoms with Crippen molar-refractivity contribution in [2.45, 2.75) is 18.9 Å². The molecule has 1 atom stereocenters. The Morgan fingerprint density at radius 3 is 3.00 bits per heavy atom. The van der Waals surface area contributed by atoms with Gasteiger partial charge in [0.2, 0.25) is 0 Å². The molecule has 0 saturated heterocycles. The molecule has 0 aliphatic heterocycles. The van der Waals surface area contributed by atoms with Crippen LogP contribution in [-0.4, -0.2) is 30.5 Å². The number of anilines is 1. The number of hydrogen-bond acceptors (Lipinski definition) is 5. The standard InChI is InChI=1S/C11H17N3O2/c1-16-6-2-3-10(13)11(15)8-7-14-5-4-9(8)12/h4-5,7,10H,2-3,6,13H2,1H3,(H2,12,14). The van der Waals surface area contributed by atoms with Gasteiger partial charge in [0.25, 0.3) is 0 Å². The highest BCUT2D eigenvalue weighted by Gasteiger charge is 2.17. The molecule has 0 spiro atoms. The van der Waals surface area contributed by atoms with Crippen LogP contribution in [0.4, 0.5) is 5.69 Å². The minimum atomic E-state index is -0.540. The van der Waals surface area contributed by atoms with Crippen molar-refractivity contribution >= 4 is 11.5 Å². The lowest BCUT2D eigenvalue weighted by atomic mass is 10.0. The molecule has 88 valence electrons. The van der Waals surface area contributed by atoms with Crippen molar-refractivity contribution in [3.63, 3.8) is 0 Å². The predicted molar refractivity (Wildman–Crippen MR) is 62.1 cm³/mol. The van der Waals surface area contributed by atoms with E-state index in [-0.39, 0.29) is 5.78 Å². The monoisotopic (exact) mass is 223 g/mol. The molecule has 0 aliphatic rings. The Bertz CT molecular complexity index is 355. The Labute approximate surface area is 94.8 Å². The summed E-state index contributed by atoms with van der Waals surface area (Å²) in [6.45, 7) is 0.601. The number of nitrogen functional groups attached to an aromatic ring is 1. The number of nitrogens with two attached hydrogens (primary N) is 2. The summed E-state index contributed by atoms with van der Waals surface area (Å²) in [6, 6.07) is 1.05. The van der Waals surface area contributed by atoms with Crippen molar-refractivity contribution in [2.24, 2.45) is 5.73 Å². The van der Waals surface area contributed by atoms with Crippen molar-refractivity contribution in [2.75, 3.05) is 19.5 Å². The van der Waals surface area contributed by atoms with E-state index < -0.39 is 6.04 Å². The van der Waals surface area contributed by atoms with Gasteiger partial charge in [-0.25, -0.2) is 0 Å². The summed E-state index contributed by atoms with van der Waals surface area (Å²) in [5.74, 6) is -0.165. The Kier molecular flexibility index (Phi) is 4.88. The summed E-state index contributed by atoms with van der Waals surface area (Å²) < 4.78 is 4.90. The highest BCUT2D eigenvalue weighted by Crippen LogP contribution is 2.12. The maximum Gasteiger partial charge on any atom is 0.183 e. The minimum absolute atomic E-state index is 0.165. The fourth-order valence-corrected chi connectivity index (χ4v) is 1.39. The van der Waals surface area contributed by atoms with Gasteiger partial charge in [-0.2, -0.15) is 0 Å². The average Bonchev–Trinajstić information content (AvgIpc) is 2.29. The van der Waals surface area contributed by atoms with Gasteiger partial charge in [0.1, 0.15) is 0 Å². The zero-order valence-electron chi connectivity index (χ0n) is 9.35. The van der Waals surface area contributed by atoms with E-state index in [0.29, 0.717) is 24.3 Å². The van der Waals surface area contributed by atoms with Crippen LogP contribution in [0.1, 0.15) is 23.2 Å². The van der Waals surface area contributed by atoms with Crippen molar-refractivity contribution < 1.29 is 9.53 Å². The van der Waals surface area contributed by atoms with Crippen LogP contribution in [0, 0.1) is 0 Å². The highest BCUT2D eigenvalue weighted by atomic mass is 16.5. The number of methoxy groups -OCH3 is 1. The third kappa shape index (κ3) is 3.29. The molecule has 0 aliphatic carbocycles. The number of pyridine rings is 1. The van der Waals surface area contributed by atoms with Gasteiger partial charge in [0.05, 0.1) is 11.6 Å². The average molecular weight is 223 g/mol. The van der Waals surface area contributed by atoms with Gasteiger partial charge in [0, 0.05) is 31.8 Å². The quantitative estimate of drug-likeness (QED) is 0.544. The molecule has 16 heavy (non-hydrogen) atoms. The molecular weight excluding hydrogens is 206 g/mol. The number of carbonyl (C=O) groups excluding carboxylic acids is 1. The van der Waals surface area contributed by atoms with Gasteiger partial charge >= 0.3 is 0 Å². The fraction of sp³-hybridized carbons (Fsp3) is 0.455. The number of Topliss-reactive ketones (excluding diaryl/α,β-unsaturated/α-hetero) is 1. The molecule has 0 saturated carbocycles. The van der Waals surface area contributed by atoms with Gasteiger partial charge in [-0.1, -0.05) is 0 Å². The van der Waals surface area contributed by atoms with E-state index >= 15 is 0 Å². The number of ether oxygens (including phenoxy) is 1. The minimum Gasteiger partial charge on any atom is -0.398 e. The normalized spacial score (nSPS) is 12.4. The third-order valence-corrected chi connectivity index (χ3v) is 2.32. The lowest BCUT2D eigenvalue weighted by molar-refractivity contribution is 0.0951. The van der Waals surface area contributed by atoms with Crippen LogP contribution in [0.2, 0.25) is 0 Å². The van der Waals surface area contributed by atoms with Gasteiger partial charge in [0.15, 0.2) is 5.78 Å². The lowest BCUT2D eigenvalue weighted by Crippen LogP contribution is -2.31. The first-order chi connectivity index (χ1) is 7.66. The Hall–Kier alpha value is -1.46. The maximum absolute atomic E-state index is 11.9. The largest absolute Gasteiger partial charge is 0.398 e. The highest BCUT2D eigenvalue weighted by molar-refractivity contribution is 6.03. The molecule has 0 amide bonds. The second kappa shape index (κ2) is 6.19. The molecule has 1 unspecified atom stereocenters. The van der Waals surface area contributed by atoms with Gasteiger partial charge in [-0.3, -0.25) is 9.78 Å². The molecule has 0 bridgehead atoms. The number of nitrogens with zero attached hydrogens (tertiary/aromatic N) is 1. The van der Waals surface area contributed by atoms with Crippen LogP contribution in [-0.2, 0) is 4.74 Å². The molecule has 5 heteroatoms. The first-order valence-corrected chi connectivity index (χ1v) is 5.15. The van der Waals surface area contributed by atoms with Crippen LogP contribution < -0.4 is 11.5 Å². The number of carbonyl (C=O) groups is 1. The number of aromatic nitrogens is 1. The first-order valence-electron chi connectivity index (χ1n) is 5.15. The van der Waals surface area contributed by atoms with Crippen molar-refractivity contribution in [1.82, 2.24) is 4.98 Å². The van der Waals surface area contributed by atoms with Crippen LogP contribution in [0.25, 0.3) is 0 Å². The van der Waals surface area contributed by atoms with Crippen LogP contribution in [0.5, 0.6) is 0 Å². The van der Waals surface area contributed by atoms with Crippen molar-refractivity contribution in [3.8, 4) is 0 Å². The van der Waals surface area contributed by atoms with Gasteiger partial charge in [-0.15, -0.1) is 0 Å². The lowest BCUT2D eigenvalue weighted by Gasteiger charge is -2.11. The summed E-state index contributed by atoms with van der Waals surface area (Å²) in [6.07, 6.45) is 4.33. The first kappa shape index (κ1) is 12.6. The molecule has 1 aromatic heterocycles. The molecule has 0 radical (unpaired) electrons. The van der Waals surface area contributed by atoms with E-state index in [4.69, 9.17) is 16.2 Å². The van der Waals surface area contributed by atoms with E-state index in [9.17, 15) is 4.79 Å². The Balaban J connectivity index is 2.60. The summed E-state index contributed by atoms with van der Waals surface area (Å²) in [7, 11) is 1.62. The second-order valence-corrected chi connectivity index (χ2v) is 3.57. The Morgan fingerprint density at radius 2 is 2.38 bits per heavy atom. The summed E-state index contributed by atoms with van der Waals surface area (Å²) in [5.41, 5.74) is 12.3. The topological polar surface area (TPSA) is 91.2 Å². The van der Waals surface area contributed by atoms with Gasteiger partial charge in [-0.05, 0) is 18.9 Å². The van der Waals surface area contributed by atoms with E-state index in [2.05, 4.69) is 4.98 Å². The summed E-state index contributed by atoms with van der Waals surface area (Å²) in [4.78, 5) is 15.7.